The Morgan fingerprint density at radius 1 is 1.38 bits per heavy atom. The molecular weight excluding hydrogens is 306 g/mol. The van der Waals surface area contributed by atoms with Crippen molar-refractivity contribution in [1.29, 1.82) is 0 Å². The van der Waals surface area contributed by atoms with E-state index in [1.165, 1.54) is 5.56 Å². The van der Waals surface area contributed by atoms with Gasteiger partial charge in [0.2, 0.25) is 5.91 Å². The first-order valence-corrected chi connectivity index (χ1v) is 8.23. The summed E-state index contributed by atoms with van der Waals surface area (Å²) in [5.41, 5.74) is 1.96. The number of nitrogens with one attached hydrogen (secondary N) is 1. The summed E-state index contributed by atoms with van der Waals surface area (Å²) in [5.74, 6) is 0.901. The van der Waals surface area contributed by atoms with Crippen molar-refractivity contribution in [2.75, 3.05) is 13.7 Å². The van der Waals surface area contributed by atoms with Crippen molar-refractivity contribution in [3.8, 4) is 5.75 Å². The highest BCUT2D eigenvalue weighted by atomic mass is 16.5. The predicted molar refractivity (Wildman–Crippen MR) is 89.4 cm³/mol. The van der Waals surface area contributed by atoms with Crippen molar-refractivity contribution < 1.29 is 9.53 Å². The van der Waals surface area contributed by atoms with E-state index >= 15 is 0 Å². The summed E-state index contributed by atoms with van der Waals surface area (Å²) < 4.78 is 6.92. The molecule has 1 aliphatic rings. The topological polar surface area (TPSA) is 72.3 Å². The highest BCUT2D eigenvalue weighted by Gasteiger charge is 2.33. The summed E-state index contributed by atoms with van der Waals surface area (Å²) in [6.45, 7) is 4.91. The number of carbonyl (C=O) groups is 1. The Bertz CT molecular complexity index is 683. The third kappa shape index (κ3) is 3.73. The second-order valence-electron chi connectivity index (χ2n) is 5.91. The molecule has 2 heterocycles. The molecule has 1 amide bonds. The number of likely N-dealkylation sites (tertiary alicyclic amines) is 1. The lowest BCUT2D eigenvalue weighted by molar-refractivity contribution is -0.131. The number of carbonyl (C=O) groups excluding carboxylic acids is 1. The summed E-state index contributed by atoms with van der Waals surface area (Å²) in [5, 5.41) is 11.0. The fraction of sp³-hybridized carbons (Fsp3) is 0.471. The molecule has 24 heavy (non-hydrogen) atoms. The SMILES string of the molecule is CCn1cc(CNC(=O)C2CCN2Cc2ccc(OC)cc2)nn1. The number of rotatable bonds is 7. The number of methoxy groups -OCH3 is 1. The Morgan fingerprint density at radius 2 is 2.17 bits per heavy atom. The largest absolute Gasteiger partial charge is 0.497 e. The minimum Gasteiger partial charge on any atom is -0.497 e. The van der Waals surface area contributed by atoms with Crippen molar-refractivity contribution in [1.82, 2.24) is 25.2 Å². The molecule has 7 nitrogen and oxygen atoms in total. The van der Waals surface area contributed by atoms with Crippen LogP contribution in [0, 0.1) is 0 Å². The van der Waals surface area contributed by atoms with E-state index in [9.17, 15) is 4.79 Å². The van der Waals surface area contributed by atoms with Crippen LogP contribution in [-0.4, -0.2) is 45.5 Å². The second-order valence-corrected chi connectivity index (χ2v) is 5.91. The van der Waals surface area contributed by atoms with Crippen LogP contribution in [0.5, 0.6) is 5.75 Å². The molecule has 1 fully saturated rings. The molecule has 1 aromatic heterocycles. The smallest absolute Gasteiger partial charge is 0.237 e. The summed E-state index contributed by atoms with van der Waals surface area (Å²) in [4.78, 5) is 14.5. The van der Waals surface area contributed by atoms with Crippen molar-refractivity contribution in [2.45, 2.75) is 39.0 Å². The van der Waals surface area contributed by atoms with Crippen LogP contribution < -0.4 is 10.1 Å². The summed E-state index contributed by atoms with van der Waals surface area (Å²) in [7, 11) is 1.66. The Morgan fingerprint density at radius 3 is 2.75 bits per heavy atom. The van der Waals surface area contributed by atoms with Crippen LogP contribution in [0.25, 0.3) is 0 Å². The lowest BCUT2D eigenvalue weighted by Gasteiger charge is -2.39. The van der Waals surface area contributed by atoms with Crippen molar-refractivity contribution in [3.05, 3.63) is 41.7 Å². The lowest BCUT2D eigenvalue weighted by Crippen LogP contribution is -2.55. The van der Waals surface area contributed by atoms with Gasteiger partial charge in [0.25, 0.3) is 0 Å². The number of nitrogens with zero attached hydrogens (tertiary/aromatic N) is 4. The normalized spacial score (nSPS) is 17.3. The molecule has 128 valence electrons. The molecule has 0 aliphatic carbocycles. The molecule has 1 aromatic carbocycles. The van der Waals surface area contributed by atoms with Gasteiger partial charge in [0.05, 0.1) is 25.9 Å². The monoisotopic (exact) mass is 329 g/mol. The molecule has 0 saturated carbocycles. The standard InChI is InChI=1S/C17H23N5O2/c1-3-22-12-14(19-20-22)10-18-17(23)16-8-9-21(16)11-13-4-6-15(24-2)7-5-13/h4-7,12,16H,3,8-11H2,1-2H3,(H,18,23). The zero-order valence-corrected chi connectivity index (χ0v) is 14.1. The molecule has 7 heteroatoms. The fourth-order valence-corrected chi connectivity index (χ4v) is 2.76. The maximum absolute atomic E-state index is 12.3. The van der Waals surface area contributed by atoms with Crippen molar-refractivity contribution >= 4 is 5.91 Å². The quantitative estimate of drug-likeness (QED) is 0.826. The van der Waals surface area contributed by atoms with E-state index in [2.05, 4.69) is 20.5 Å². The highest BCUT2D eigenvalue weighted by molar-refractivity contribution is 5.82. The first-order valence-electron chi connectivity index (χ1n) is 8.23. The van der Waals surface area contributed by atoms with E-state index in [1.54, 1.807) is 11.8 Å². The van der Waals surface area contributed by atoms with Gasteiger partial charge in [0, 0.05) is 19.6 Å². The molecule has 1 aliphatic heterocycles. The highest BCUT2D eigenvalue weighted by Crippen LogP contribution is 2.22. The van der Waals surface area contributed by atoms with E-state index < -0.39 is 0 Å². The van der Waals surface area contributed by atoms with E-state index in [0.29, 0.717) is 6.54 Å². The number of hydrogen-bond donors (Lipinski definition) is 1. The lowest BCUT2D eigenvalue weighted by atomic mass is 10.0. The van der Waals surface area contributed by atoms with Gasteiger partial charge in [-0.05, 0) is 31.0 Å². The van der Waals surface area contributed by atoms with Crippen LogP contribution in [0.4, 0.5) is 0 Å². The fourth-order valence-electron chi connectivity index (χ4n) is 2.76. The molecule has 1 atom stereocenters. The Kier molecular flexibility index (Phi) is 5.10. The van der Waals surface area contributed by atoms with Crippen molar-refractivity contribution in [2.24, 2.45) is 0 Å². The molecule has 1 saturated heterocycles. The second kappa shape index (κ2) is 7.44. The average molecular weight is 329 g/mol. The molecular formula is C17H23N5O2. The van der Waals surface area contributed by atoms with Gasteiger partial charge < -0.3 is 10.1 Å². The summed E-state index contributed by atoms with van der Waals surface area (Å²) in [6.07, 6.45) is 2.75. The van der Waals surface area contributed by atoms with E-state index in [4.69, 9.17) is 4.74 Å². The third-order valence-corrected chi connectivity index (χ3v) is 4.33. The molecule has 0 spiro atoms. The molecule has 0 radical (unpaired) electrons. The molecule has 1 N–H and O–H groups in total. The molecule has 3 rings (SSSR count). The number of aryl methyl sites for hydroxylation is 1. The van der Waals surface area contributed by atoms with Gasteiger partial charge in [0.15, 0.2) is 0 Å². The van der Waals surface area contributed by atoms with Gasteiger partial charge in [-0.25, -0.2) is 0 Å². The van der Waals surface area contributed by atoms with Gasteiger partial charge in [0.1, 0.15) is 11.4 Å². The number of hydrogen-bond acceptors (Lipinski definition) is 5. The van der Waals surface area contributed by atoms with Crippen LogP contribution >= 0.6 is 0 Å². The zero-order valence-electron chi connectivity index (χ0n) is 14.1. The predicted octanol–water partition coefficient (Wildman–Crippen LogP) is 1.20. The van der Waals surface area contributed by atoms with Crippen LogP contribution in [0.15, 0.2) is 30.5 Å². The minimum absolute atomic E-state index is 0.0563. The first-order chi connectivity index (χ1) is 11.7. The third-order valence-electron chi connectivity index (χ3n) is 4.33. The van der Waals surface area contributed by atoms with Crippen LogP contribution in [0.1, 0.15) is 24.6 Å². The van der Waals surface area contributed by atoms with E-state index in [-0.39, 0.29) is 11.9 Å². The number of ether oxygens (including phenoxy) is 1. The molecule has 0 bridgehead atoms. The van der Waals surface area contributed by atoms with Gasteiger partial charge in [-0.1, -0.05) is 17.3 Å². The van der Waals surface area contributed by atoms with Crippen LogP contribution in [0.3, 0.4) is 0 Å². The maximum atomic E-state index is 12.3. The van der Waals surface area contributed by atoms with Crippen LogP contribution in [0.2, 0.25) is 0 Å². The van der Waals surface area contributed by atoms with Gasteiger partial charge in [-0.2, -0.15) is 0 Å². The zero-order chi connectivity index (χ0) is 16.9. The van der Waals surface area contributed by atoms with Crippen molar-refractivity contribution in [3.63, 3.8) is 0 Å². The Hall–Kier alpha value is -2.41. The molecule has 2 aromatic rings. The Labute approximate surface area is 141 Å². The van der Waals surface area contributed by atoms with Gasteiger partial charge >= 0.3 is 0 Å². The number of aromatic nitrogens is 3. The summed E-state index contributed by atoms with van der Waals surface area (Å²) in [6, 6.07) is 7.90. The summed E-state index contributed by atoms with van der Waals surface area (Å²) >= 11 is 0. The minimum atomic E-state index is -0.0617. The van der Waals surface area contributed by atoms with Gasteiger partial charge in [-0.15, -0.1) is 5.10 Å². The van der Waals surface area contributed by atoms with Crippen LogP contribution in [-0.2, 0) is 24.4 Å². The first kappa shape index (κ1) is 16.4. The number of benzene rings is 1. The van der Waals surface area contributed by atoms with E-state index in [1.807, 2.05) is 37.4 Å². The number of amides is 1. The molecule has 1 unspecified atom stereocenters. The van der Waals surface area contributed by atoms with Gasteiger partial charge in [-0.3, -0.25) is 14.4 Å². The Balaban J connectivity index is 1.49. The average Bonchev–Trinajstić information content (AvgIpc) is 3.05. The van der Waals surface area contributed by atoms with E-state index in [0.717, 1.165) is 37.5 Å². The maximum Gasteiger partial charge on any atom is 0.237 e.